The average Bonchev–Trinajstić information content (AvgIpc) is 3.03. The molecule has 1 spiro atoms. The summed E-state index contributed by atoms with van der Waals surface area (Å²) in [5.74, 6) is 0.0326. The Morgan fingerprint density at radius 3 is 2.74 bits per heavy atom. The number of likely N-dealkylation sites (tertiary alicyclic amines) is 1. The zero-order valence-corrected chi connectivity index (χ0v) is 17.6. The molecule has 2 aliphatic rings. The van der Waals surface area contributed by atoms with Crippen LogP contribution in [0, 0.1) is 11.7 Å². The van der Waals surface area contributed by atoms with E-state index < -0.39 is 11.5 Å². The van der Waals surface area contributed by atoms with Crippen LogP contribution >= 0.6 is 0 Å². The van der Waals surface area contributed by atoms with Gasteiger partial charge in [-0.15, -0.1) is 0 Å². The van der Waals surface area contributed by atoms with E-state index in [0.717, 1.165) is 0 Å². The van der Waals surface area contributed by atoms with Gasteiger partial charge in [-0.1, -0.05) is 12.1 Å². The van der Waals surface area contributed by atoms with Crippen molar-refractivity contribution in [3.8, 4) is 11.5 Å². The second-order valence-electron chi connectivity index (χ2n) is 8.22. The second-order valence-corrected chi connectivity index (χ2v) is 8.22. The molecular weight excluding hydrogens is 401 g/mol. The third-order valence-corrected chi connectivity index (χ3v) is 5.82. The number of hydrogen-bond donors (Lipinski definition) is 1. The molecule has 4 rings (SSSR count). The van der Waals surface area contributed by atoms with Gasteiger partial charge >= 0.3 is 0 Å². The number of ether oxygens (including phenoxy) is 2. The van der Waals surface area contributed by atoms with Crippen LogP contribution in [0.2, 0.25) is 0 Å². The molecule has 2 amide bonds. The SMILES string of the molecule is CN(C)C(=O)[C@H]1CN(CCOc2ccc(F)cc2)C[C@@]12COc1ccccc1C(=O)N2. The van der Waals surface area contributed by atoms with Crippen molar-refractivity contribution in [1.29, 1.82) is 0 Å². The van der Waals surface area contributed by atoms with Crippen LogP contribution in [0.25, 0.3) is 0 Å². The van der Waals surface area contributed by atoms with E-state index in [0.29, 0.717) is 43.3 Å². The lowest BCUT2D eigenvalue weighted by Crippen LogP contribution is -2.60. The Balaban J connectivity index is 1.49. The van der Waals surface area contributed by atoms with E-state index in [4.69, 9.17) is 9.47 Å². The highest BCUT2D eigenvalue weighted by Crippen LogP contribution is 2.34. The summed E-state index contributed by atoms with van der Waals surface area (Å²) in [7, 11) is 3.43. The van der Waals surface area contributed by atoms with Gasteiger partial charge in [0.05, 0.1) is 17.0 Å². The first kappa shape index (κ1) is 21.1. The van der Waals surface area contributed by atoms with Crippen LogP contribution in [0.1, 0.15) is 10.4 Å². The van der Waals surface area contributed by atoms with Crippen molar-refractivity contribution in [2.75, 3.05) is 46.9 Å². The standard InChI is InChI=1S/C23H26FN3O4/c1-26(2)22(29)19-13-27(11-12-30-17-9-7-16(24)8-10-17)14-23(19)15-31-20-6-4-3-5-18(20)21(28)25-23/h3-10,19H,11-15H2,1-2H3,(H,25,28)/t19-,23-/m1/s1. The van der Waals surface area contributed by atoms with Gasteiger partial charge in [-0.05, 0) is 36.4 Å². The molecule has 2 atom stereocenters. The van der Waals surface area contributed by atoms with E-state index >= 15 is 0 Å². The van der Waals surface area contributed by atoms with E-state index in [1.165, 1.54) is 12.1 Å². The highest BCUT2D eigenvalue weighted by atomic mass is 19.1. The summed E-state index contributed by atoms with van der Waals surface area (Å²) in [6.07, 6.45) is 0. The third-order valence-electron chi connectivity index (χ3n) is 5.82. The zero-order valence-electron chi connectivity index (χ0n) is 17.6. The van der Waals surface area contributed by atoms with Crippen LogP contribution in [-0.2, 0) is 4.79 Å². The molecule has 31 heavy (non-hydrogen) atoms. The number of rotatable bonds is 5. The fraction of sp³-hybridized carbons (Fsp3) is 0.391. The Hall–Kier alpha value is -3.13. The summed E-state index contributed by atoms with van der Waals surface area (Å²) < 4.78 is 24.8. The van der Waals surface area contributed by atoms with Crippen molar-refractivity contribution in [2.24, 2.45) is 5.92 Å². The molecule has 164 valence electrons. The van der Waals surface area contributed by atoms with E-state index in [-0.39, 0.29) is 24.2 Å². The average molecular weight is 427 g/mol. The lowest BCUT2D eigenvalue weighted by molar-refractivity contribution is -0.134. The quantitative estimate of drug-likeness (QED) is 0.788. The number of hydrogen-bond acceptors (Lipinski definition) is 5. The van der Waals surface area contributed by atoms with Crippen molar-refractivity contribution >= 4 is 11.8 Å². The first-order valence-electron chi connectivity index (χ1n) is 10.2. The molecule has 1 N–H and O–H groups in total. The van der Waals surface area contributed by atoms with E-state index in [2.05, 4.69) is 10.2 Å². The van der Waals surface area contributed by atoms with Crippen LogP contribution in [0.5, 0.6) is 11.5 Å². The number of nitrogens with one attached hydrogen (secondary N) is 1. The lowest BCUT2D eigenvalue weighted by Gasteiger charge is -2.34. The Morgan fingerprint density at radius 1 is 1.26 bits per heavy atom. The van der Waals surface area contributed by atoms with Gasteiger partial charge in [0.2, 0.25) is 5.91 Å². The van der Waals surface area contributed by atoms with E-state index in [9.17, 15) is 14.0 Å². The normalized spacial score (nSPS) is 22.9. The molecule has 0 bridgehead atoms. The Morgan fingerprint density at radius 2 is 2.00 bits per heavy atom. The number of fused-ring (bicyclic) bond motifs is 1. The number of nitrogens with zero attached hydrogens (tertiary/aromatic N) is 2. The van der Waals surface area contributed by atoms with Crippen LogP contribution in [0.4, 0.5) is 4.39 Å². The molecule has 2 heterocycles. The first-order chi connectivity index (χ1) is 14.9. The van der Waals surface area contributed by atoms with E-state index in [1.807, 2.05) is 6.07 Å². The molecule has 1 saturated heterocycles. The van der Waals surface area contributed by atoms with Crippen molar-refractivity contribution in [2.45, 2.75) is 5.54 Å². The van der Waals surface area contributed by atoms with Gasteiger partial charge in [0.15, 0.2) is 0 Å². The summed E-state index contributed by atoms with van der Waals surface area (Å²) in [4.78, 5) is 29.6. The predicted octanol–water partition coefficient (Wildman–Crippen LogP) is 1.79. The van der Waals surface area contributed by atoms with Crippen molar-refractivity contribution in [1.82, 2.24) is 15.1 Å². The molecule has 7 nitrogen and oxygen atoms in total. The molecule has 8 heteroatoms. The minimum absolute atomic E-state index is 0.0585. The second kappa shape index (κ2) is 8.55. The minimum atomic E-state index is -0.840. The number of para-hydroxylation sites is 1. The van der Waals surface area contributed by atoms with Crippen molar-refractivity contribution in [3.05, 3.63) is 59.9 Å². The molecule has 0 aromatic heterocycles. The van der Waals surface area contributed by atoms with Gasteiger partial charge in [0.1, 0.15) is 30.5 Å². The van der Waals surface area contributed by atoms with Crippen LogP contribution in [0.3, 0.4) is 0 Å². The molecule has 0 aliphatic carbocycles. The topological polar surface area (TPSA) is 71.1 Å². The smallest absolute Gasteiger partial charge is 0.255 e. The molecular formula is C23H26FN3O4. The Kier molecular flexibility index (Phi) is 5.82. The summed E-state index contributed by atoms with van der Waals surface area (Å²) in [6.45, 7) is 2.07. The molecule has 2 aromatic carbocycles. The summed E-state index contributed by atoms with van der Waals surface area (Å²) in [5, 5.41) is 3.11. The molecule has 2 aliphatic heterocycles. The van der Waals surface area contributed by atoms with Gasteiger partial charge in [-0.25, -0.2) is 4.39 Å². The number of amides is 2. The number of carbonyl (C=O) groups excluding carboxylic acids is 2. The molecule has 0 unspecified atom stereocenters. The highest BCUT2D eigenvalue weighted by molar-refractivity contribution is 5.98. The monoisotopic (exact) mass is 427 g/mol. The Labute approximate surface area is 180 Å². The predicted molar refractivity (Wildman–Crippen MR) is 113 cm³/mol. The van der Waals surface area contributed by atoms with Gasteiger partial charge in [0, 0.05) is 33.7 Å². The summed E-state index contributed by atoms with van der Waals surface area (Å²) in [5.41, 5.74) is -0.374. The van der Waals surface area contributed by atoms with Crippen molar-refractivity contribution < 1.29 is 23.5 Å². The number of halogens is 1. The largest absolute Gasteiger partial charge is 0.492 e. The van der Waals surface area contributed by atoms with Crippen molar-refractivity contribution in [3.63, 3.8) is 0 Å². The third kappa shape index (κ3) is 4.34. The summed E-state index contributed by atoms with van der Waals surface area (Å²) in [6, 6.07) is 12.9. The van der Waals surface area contributed by atoms with Gasteiger partial charge < -0.3 is 19.7 Å². The molecule has 0 saturated carbocycles. The Bertz CT molecular complexity index is 966. The zero-order chi connectivity index (χ0) is 22.0. The first-order valence-corrected chi connectivity index (χ1v) is 10.2. The maximum absolute atomic E-state index is 13.1. The molecule has 2 aromatic rings. The van der Waals surface area contributed by atoms with Crippen LogP contribution in [-0.4, -0.2) is 74.1 Å². The van der Waals surface area contributed by atoms with Crippen LogP contribution in [0.15, 0.2) is 48.5 Å². The van der Waals surface area contributed by atoms with E-state index in [1.54, 1.807) is 49.3 Å². The maximum atomic E-state index is 13.1. The summed E-state index contributed by atoms with van der Waals surface area (Å²) >= 11 is 0. The highest BCUT2D eigenvalue weighted by Gasteiger charge is 2.53. The van der Waals surface area contributed by atoms with Gasteiger partial charge in [-0.3, -0.25) is 14.5 Å². The van der Waals surface area contributed by atoms with Crippen LogP contribution < -0.4 is 14.8 Å². The fourth-order valence-corrected chi connectivity index (χ4v) is 4.22. The lowest BCUT2D eigenvalue weighted by atomic mass is 9.86. The number of benzene rings is 2. The molecule has 0 radical (unpaired) electrons. The van der Waals surface area contributed by atoms with Gasteiger partial charge in [-0.2, -0.15) is 0 Å². The number of carbonyl (C=O) groups is 2. The maximum Gasteiger partial charge on any atom is 0.255 e. The van der Waals surface area contributed by atoms with Gasteiger partial charge in [0.25, 0.3) is 5.91 Å². The molecule has 1 fully saturated rings. The minimum Gasteiger partial charge on any atom is -0.492 e. The fourth-order valence-electron chi connectivity index (χ4n) is 4.22.